The van der Waals surface area contributed by atoms with Crippen LogP contribution in [0.5, 0.6) is 11.8 Å². The monoisotopic (exact) mass is 472 g/mol. The van der Waals surface area contributed by atoms with Crippen LogP contribution >= 0.6 is 0 Å². The first-order chi connectivity index (χ1) is 17.7. The van der Waals surface area contributed by atoms with Crippen LogP contribution in [0.4, 0.5) is 17.1 Å². The maximum atomic E-state index is 5.84. The molecule has 0 unspecified atom stereocenters. The average Bonchev–Trinajstić information content (AvgIpc) is 2.94. The topological polar surface area (TPSA) is 68.3 Å². The van der Waals surface area contributed by atoms with Crippen molar-refractivity contribution in [3.8, 4) is 11.8 Å². The maximum absolute atomic E-state index is 5.84. The lowest BCUT2D eigenvalue weighted by Crippen LogP contribution is -2.17. The summed E-state index contributed by atoms with van der Waals surface area (Å²) in [5.41, 5.74) is 5.57. The largest absolute Gasteiger partial charge is 0.470 e. The van der Waals surface area contributed by atoms with Crippen molar-refractivity contribution in [1.29, 1.82) is 0 Å². The van der Waals surface area contributed by atoms with Gasteiger partial charge < -0.3 is 20.1 Å². The molecule has 2 heterocycles. The third-order valence-electron chi connectivity index (χ3n) is 6.99. The zero-order chi connectivity index (χ0) is 24.2. The van der Waals surface area contributed by atoms with E-state index in [1.54, 1.807) is 0 Å². The molecule has 6 nitrogen and oxygen atoms in total. The first kappa shape index (κ1) is 20.8. The SMILES string of the molecule is CNc1ccc(Nc2c3nc4c(nc3c(C)c3c5ccccc5c5ccccc5c23)OCCO4)cc1. The molecule has 0 atom stereocenters. The predicted octanol–water partition coefficient (Wildman–Crippen LogP) is 6.95. The molecule has 0 saturated heterocycles. The average molecular weight is 473 g/mol. The van der Waals surface area contributed by atoms with Crippen LogP contribution in [-0.4, -0.2) is 30.2 Å². The van der Waals surface area contributed by atoms with Crippen molar-refractivity contribution in [2.45, 2.75) is 6.92 Å². The minimum absolute atomic E-state index is 0.436. The Morgan fingerprint density at radius 1 is 0.639 bits per heavy atom. The van der Waals surface area contributed by atoms with Crippen LogP contribution in [0.1, 0.15) is 5.56 Å². The molecule has 0 aliphatic carbocycles. The highest BCUT2D eigenvalue weighted by atomic mass is 16.6. The van der Waals surface area contributed by atoms with E-state index in [1.807, 2.05) is 7.05 Å². The number of hydrogen-bond acceptors (Lipinski definition) is 6. The fraction of sp³-hybridized carbons (Fsp3) is 0.133. The van der Waals surface area contributed by atoms with Crippen LogP contribution in [0.2, 0.25) is 0 Å². The summed E-state index contributed by atoms with van der Waals surface area (Å²) in [5.74, 6) is 0.886. The summed E-state index contributed by atoms with van der Waals surface area (Å²) in [6.07, 6.45) is 0. The van der Waals surface area contributed by atoms with Gasteiger partial charge in [0.15, 0.2) is 0 Å². The molecule has 0 saturated carbocycles. The van der Waals surface area contributed by atoms with Crippen molar-refractivity contribution in [3.05, 3.63) is 78.4 Å². The first-order valence-corrected chi connectivity index (χ1v) is 12.1. The van der Waals surface area contributed by atoms with Crippen molar-refractivity contribution < 1.29 is 9.47 Å². The van der Waals surface area contributed by atoms with E-state index in [2.05, 4.69) is 90.4 Å². The Morgan fingerprint density at radius 3 is 1.78 bits per heavy atom. The predicted molar refractivity (Wildman–Crippen MR) is 147 cm³/mol. The molecule has 0 fully saturated rings. The van der Waals surface area contributed by atoms with Crippen LogP contribution in [0.25, 0.3) is 43.4 Å². The molecule has 36 heavy (non-hydrogen) atoms. The standard InChI is InChI=1S/C30H24N4O2/c1-17-24-22-9-5-3-7-20(22)21-8-4-6-10-23(21)25(24)27(32-19-13-11-18(31-2)12-14-19)28-26(17)33-29-30(34-28)36-16-15-35-29/h3-14,31-32H,15-16H2,1-2H3. The molecule has 0 radical (unpaired) electrons. The van der Waals surface area contributed by atoms with Gasteiger partial charge in [0.2, 0.25) is 0 Å². The van der Waals surface area contributed by atoms with Gasteiger partial charge in [0, 0.05) is 23.8 Å². The number of nitrogens with one attached hydrogen (secondary N) is 2. The molecule has 1 aliphatic heterocycles. The van der Waals surface area contributed by atoms with Gasteiger partial charge in [0.05, 0.1) is 11.2 Å². The van der Waals surface area contributed by atoms with E-state index in [1.165, 1.54) is 21.5 Å². The van der Waals surface area contributed by atoms with Crippen LogP contribution < -0.4 is 20.1 Å². The number of fused-ring (bicyclic) bond motifs is 8. The minimum Gasteiger partial charge on any atom is -0.470 e. The molecule has 7 rings (SSSR count). The number of ether oxygens (including phenoxy) is 2. The molecule has 176 valence electrons. The molecule has 6 aromatic rings. The van der Waals surface area contributed by atoms with Gasteiger partial charge in [-0.15, -0.1) is 0 Å². The van der Waals surface area contributed by atoms with Crippen LogP contribution in [0.3, 0.4) is 0 Å². The Morgan fingerprint density at radius 2 is 1.17 bits per heavy atom. The summed E-state index contributed by atoms with van der Waals surface area (Å²) in [4.78, 5) is 9.88. The van der Waals surface area contributed by atoms with Crippen LogP contribution in [0, 0.1) is 6.92 Å². The molecular formula is C30H24N4O2. The number of nitrogens with zero attached hydrogens (tertiary/aromatic N) is 2. The second-order valence-electron chi connectivity index (χ2n) is 9.02. The summed E-state index contributed by atoms with van der Waals surface area (Å²) in [7, 11) is 1.92. The van der Waals surface area contributed by atoms with Gasteiger partial charge in [-0.25, -0.2) is 9.97 Å². The van der Waals surface area contributed by atoms with Gasteiger partial charge >= 0.3 is 0 Å². The van der Waals surface area contributed by atoms with Crippen molar-refractivity contribution in [2.75, 3.05) is 30.9 Å². The normalized spacial score (nSPS) is 12.9. The molecule has 0 spiro atoms. The number of anilines is 3. The summed E-state index contributed by atoms with van der Waals surface area (Å²) in [5, 5.41) is 14.0. The van der Waals surface area contributed by atoms with E-state index in [0.29, 0.717) is 25.0 Å². The Hall–Kier alpha value is -4.58. The molecule has 0 bridgehead atoms. The highest BCUT2D eigenvalue weighted by molar-refractivity contribution is 6.32. The molecule has 6 heteroatoms. The van der Waals surface area contributed by atoms with Gasteiger partial charge in [-0.2, -0.15) is 0 Å². The van der Waals surface area contributed by atoms with Gasteiger partial charge in [-0.3, -0.25) is 0 Å². The van der Waals surface area contributed by atoms with Crippen molar-refractivity contribution >= 4 is 60.4 Å². The molecule has 1 aromatic heterocycles. The van der Waals surface area contributed by atoms with E-state index < -0.39 is 0 Å². The van der Waals surface area contributed by atoms with Gasteiger partial charge in [-0.05, 0) is 63.7 Å². The summed E-state index contributed by atoms with van der Waals surface area (Å²) in [6, 6.07) is 25.4. The lowest BCUT2D eigenvalue weighted by atomic mass is 9.90. The smallest absolute Gasteiger partial charge is 0.278 e. The Bertz CT molecular complexity index is 1810. The van der Waals surface area contributed by atoms with Crippen molar-refractivity contribution in [2.24, 2.45) is 0 Å². The van der Waals surface area contributed by atoms with E-state index in [4.69, 9.17) is 19.4 Å². The molecule has 1 aliphatic rings. The number of hydrogen-bond donors (Lipinski definition) is 2. The van der Waals surface area contributed by atoms with Crippen LogP contribution in [0.15, 0.2) is 72.8 Å². The van der Waals surface area contributed by atoms with Crippen molar-refractivity contribution in [3.63, 3.8) is 0 Å². The van der Waals surface area contributed by atoms with E-state index in [-0.39, 0.29) is 0 Å². The second-order valence-corrected chi connectivity index (χ2v) is 9.02. The fourth-order valence-electron chi connectivity index (χ4n) is 5.32. The lowest BCUT2D eigenvalue weighted by Gasteiger charge is -2.22. The molecular weight excluding hydrogens is 448 g/mol. The number of aryl methyl sites for hydroxylation is 1. The minimum atomic E-state index is 0.436. The summed E-state index contributed by atoms with van der Waals surface area (Å²) in [6.45, 7) is 3.06. The van der Waals surface area contributed by atoms with E-state index in [9.17, 15) is 0 Å². The number of benzene rings is 5. The zero-order valence-corrected chi connectivity index (χ0v) is 20.1. The highest BCUT2D eigenvalue weighted by Crippen LogP contribution is 2.46. The van der Waals surface area contributed by atoms with Gasteiger partial charge in [0.25, 0.3) is 11.8 Å². The fourth-order valence-corrected chi connectivity index (χ4v) is 5.32. The van der Waals surface area contributed by atoms with E-state index in [0.717, 1.165) is 44.4 Å². The third kappa shape index (κ3) is 3.04. The van der Waals surface area contributed by atoms with Gasteiger partial charge in [0.1, 0.15) is 18.7 Å². The highest BCUT2D eigenvalue weighted by Gasteiger charge is 2.24. The maximum Gasteiger partial charge on any atom is 0.278 e. The zero-order valence-electron chi connectivity index (χ0n) is 20.1. The summed E-state index contributed by atoms with van der Waals surface area (Å²) < 4.78 is 11.7. The van der Waals surface area contributed by atoms with Gasteiger partial charge in [-0.1, -0.05) is 48.5 Å². The summed E-state index contributed by atoms with van der Waals surface area (Å²) >= 11 is 0. The Kier molecular flexibility index (Phi) is 4.61. The number of aromatic nitrogens is 2. The first-order valence-electron chi connectivity index (χ1n) is 12.1. The third-order valence-corrected chi connectivity index (χ3v) is 6.99. The molecule has 0 amide bonds. The van der Waals surface area contributed by atoms with Crippen molar-refractivity contribution in [1.82, 2.24) is 9.97 Å². The van der Waals surface area contributed by atoms with Crippen LogP contribution in [-0.2, 0) is 0 Å². The quantitative estimate of drug-likeness (QED) is 0.214. The van der Waals surface area contributed by atoms with E-state index >= 15 is 0 Å². The number of rotatable bonds is 3. The lowest BCUT2D eigenvalue weighted by molar-refractivity contribution is 0.158. The Labute approximate surface area is 207 Å². The molecule has 5 aromatic carbocycles. The Balaban J connectivity index is 1.67. The second kappa shape index (κ2) is 7.99. The molecule has 2 N–H and O–H groups in total.